The SMILES string of the molecule is CN(Cc1ncc(C(C)(C)C)o1)CC1CCN(CCO)CC1. The van der Waals surface area contributed by atoms with E-state index in [0.29, 0.717) is 0 Å². The minimum absolute atomic E-state index is 0.0172. The van der Waals surface area contributed by atoms with Crippen LogP contribution in [0.25, 0.3) is 0 Å². The van der Waals surface area contributed by atoms with E-state index in [1.807, 2.05) is 6.20 Å². The number of aliphatic hydroxyl groups excluding tert-OH is 1. The summed E-state index contributed by atoms with van der Waals surface area (Å²) in [5.41, 5.74) is 0.0172. The molecule has 126 valence electrons. The van der Waals surface area contributed by atoms with Crippen molar-refractivity contribution in [2.45, 2.75) is 45.6 Å². The highest BCUT2D eigenvalue weighted by molar-refractivity contribution is 5.05. The molecule has 2 heterocycles. The van der Waals surface area contributed by atoms with E-state index in [1.165, 1.54) is 12.8 Å². The highest BCUT2D eigenvalue weighted by Crippen LogP contribution is 2.23. The fourth-order valence-corrected chi connectivity index (χ4v) is 3.00. The molecular weight excluding hydrogens is 278 g/mol. The fraction of sp³-hybridized carbons (Fsp3) is 0.824. The first-order valence-electron chi connectivity index (χ1n) is 8.35. The van der Waals surface area contributed by atoms with Crippen LogP contribution in [0.5, 0.6) is 0 Å². The van der Waals surface area contributed by atoms with E-state index in [4.69, 9.17) is 9.52 Å². The van der Waals surface area contributed by atoms with Gasteiger partial charge < -0.3 is 14.4 Å². The van der Waals surface area contributed by atoms with Crippen LogP contribution in [-0.4, -0.2) is 59.7 Å². The molecule has 1 N–H and O–H groups in total. The summed E-state index contributed by atoms with van der Waals surface area (Å²) in [5, 5.41) is 8.99. The second-order valence-corrected chi connectivity index (χ2v) is 7.57. The molecule has 2 rings (SSSR count). The Bertz CT molecular complexity index is 445. The van der Waals surface area contributed by atoms with Gasteiger partial charge in [0.15, 0.2) is 0 Å². The summed E-state index contributed by atoms with van der Waals surface area (Å²) in [6.45, 7) is 11.6. The minimum atomic E-state index is 0.0172. The molecule has 1 aliphatic heterocycles. The molecule has 0 saturated carbocycles. The summed E-state index contributed by atoms with van der Waals surface area (Å²) < 4.78 is 5.87. The fourth-order valence-electron chi connectivity index (χ4n) is 3.00. The van der Waals surface area contributed by atoms with E-state index in [2.05, 4.69) is 42.6 Å². The average Bonchev–Trinajstić information content (AvgIpc) is 2.89. The maximum atomic E-state index is 8.99. The van der Waals surface area contributed by atoms with Crippen molar-refractivity contribution >= 4 is 0 Å². The van der Waals surface area contributed by atoms with Crippen molar-refractivity contribution in [2.24, 2.45) is 5.92 Å². The smallest absolute Gasteiger partial charge is 0.208 e. The maximum absolute atomic E-state index is 8.99. The highest BCUT2D eigenvalue weighted by Gasteiger charge is 2.22. The topological polar surface area (TPSA) is 52.7 Å². The lowest BCUT2D eigenvalue weighted by atomic mass is 9.94. The number of likely N-dealkylation sites (tertiary alicyclic amines) is 1. The largest absolute Gasteiger partial charge is 0.444 e. The van der Waals surface area contributed by atoms with E-state index in [9.17, 15) is 0 Å². The summed E-state index contributed by atoms with van der Waals surface area (Å²) in [4.78, 5) is 9.07. The molecule has 0 aromatic carbocycles. The zero-order valence-corrected chi connectivity index (χ0v) is 14.5. The Morgan fingerprint density at radius 2 is 2.05 bits per heavy atom. The molecule has 0 atom stereocenters. The molecule has 22 heavy (non-hydrogen) atoms. The van der Waals surface area contributed by atoms with Gasteiger partial charge in [-0.2, -0.15) is 0 Å². The van der Waals surface area contributed by atoms with E-state index >= 15 is 0 Å². The van der Waals surface area contributed by atoms with Crippen LogP contribution >= 0.6 is 0 Å². The maximum Gasteiger partial charge on any atom is 0.208 e. The molecule has 1 aliphatic rings. The first-order chi connectivity index (χ1) is 10.4. The van der Waals surface area contributed by atoms with Gasteiger partial charge in [0, 0.05) is 18.5 Å². The van der Waals surface area contributed by atoms with E-state index < -0.39 is 0 Å². The Hall–Kier alpha value is -0.910. The number of oxazole rings is 1. The third-order valence-corrected chi connectivity index (χ3v) is 4.39. The highest BCUT2D eigenvalue weighted by atomic mass is 16.4. The summed E-state index contributed by atoms with van der Waals surface area (Å²) >= 11 is 0. The van der Waals surface area contributed by atoms with Crippen molar-refractivity contribution in [3.05, 3.63) is 17.8 Å². The van der Waals surface area contributed by atoms with Crippen molar-refractivity contribution < 1.29 is 9.52 Å². The molecule has 1 saturated heterocycles. The second kappa shape index (κ2) is 7.57. The molecule has 1 aromatic heterocycles. The average molecular weight is 309 g/mol. The van der Waals surface area contributed by atoms with Crippen LogP contribution in [0.1, 0.15) is 45.3 Å². The molecule has 1 fully saturated rings. The summed E-state index contributed by atoms with van der Waals surface area (Å²) in [6, 6.07) is 0. The number of aromatic nitrogens is 1. The summed E-state index contributed by atoms with van der Waals surface area (Å²) in [6.07, 6.45) is 4.28. The predicted molar refractivity (Wildman–Crippen MR) is 87.8 cm³/mol. The van der Waals surface area contributed by atoms with E-state index in [0.717, 1.165) is 50.3 Å². The Balaban J connectivity index is 1.76. The van der Waals surface area contributed by atoms with Gasteiger partial charge in [-0.25, -0.2) is 4.98 Å². The van der Waals surface area contributed by atoms with Gasteiger partial charge in [-0.1, -0.05) is 20.8 Å². The second-order valence-electron chi connectivity index (χ2n) is 7.57. The van der Waals surface area contributed by atoms with Crippen LogP contribution in [0.3, 0.4) is 0 Å². The van der Waals surface area contributed by atoms with Gasteiger partial charge in [0.05, 0.1) is 19.3 Å². The Morgan fingerprint density at radius 1 is 1.36 bits per heavy atom. The van der Waals surface area contributed by atoms with Crippen molar-refractivity contribution in [1.29, 1.82) is 0 Å². The Labute approximate surface area is 134 Å². The lowest BCUT2D eigenvalue weighted by Gasteiger charge is -2.33. The normalized spacial score (nSPS) is 18.3. The number of nitrogens with zero attached hydrogens (tertiary/aromatic N) is 3. The van der Waals surface area contributed by atoms with Crippen LogP contribution in [0.15, 0.2) is 10.6 Å². The van der Waals surface area contributed by atoms with Gasteiger partial charge >= 0.3 is 0 Å². The number of β-amino-alcohol motifs (C(OH)–C–C–N with tert-alkyl or cyclic N) is 1. The third kappa shape index (κ3) is 5.07. The van der Waals surface area contributed by atoms with Crippen LogP contribution in [0.2, 0.25) is 0 Å². The number of hydrogen-bond donors (Lipinski definition) is 1. The van der Waals surface area contributed by atoms with Crippen molar-refractivity contribution in [2.75, 3.05) is 39.8 Å². The number of hydrogen-bond acceptors (Lipinski definition) is 5. The molecule has 5 heteroatoms. The zero-order valence-electron chi connectivity index (χ0n) is 14.5. The number of aliphatic hydroxyl groups is 1. The predicted octanol–water partition coefficient (Wildman–Crippen LogP) is 2.11. The van der Waals surface area contributed by atoms with Crippen LogP contribution in [-0.2, 0) is 12.0 Å². The summed E-state index contributed by atoms with van der Waals surface area (Å²) in [5.74, 6) is 2.50. The quantitative estimate of drug-likeness (QED) is 0.872. The standard InChI is InChI=1S/C17H31N3O2/c1-17(2,3)15-11-18-16(22-15)13-19(4)12-14-5-7-20(8-6-14)9-10-21/h11,14,21H,5-10,12-13H2,1-4H3. The first-order valence-corrected chi connectivity index (χ1v) is 8.35. The van der Waals surface area contributed by atoms with Crippen LogP contribution < -0.4 is 0 Å². The molecule has 0 radical (unpaired) electrons. The van der Waals surface area contributed by atoms with Crippen LogP contribution in [0, 0.1) is 5.92 Å². The summed E-state index contributed by atoms with van der Waals surface area (Å²) in [7, 11) is 2.14. The molecule has 1 aromatic rings. The van der Waals surface area contributed by atoms with E-state index in [1.54, 1.807) is 0 Å². The molecular formula is C17H31N3O2. The van der Waals surface area contributed by atoms with E-state index in [-0.39, 0.29) is 12.0 Å². The number of piperidine rings is 1. The lowest BCUT2D eigenvalue weighted by Crippen LogP contribution is -2.38. The van der Waals surface area contributed by atoms with Gasteiger partial charge in [0.2, 0.25) is 5.89 Å². The molecule has 0 aliphatic carbocycles. The Kier molecular flexibility index (Phi) is 6.01. The van der Waals surface area contributed by atoms with Gasteiger partial charge in [-0.05, 0) is 38.9 Å². The monoisotopic (exact) mass is 309 g/mol. The molecule has 0 unspecified atom stereocenters. The van der Waals surface area contributed by atoms with Gasteiger partial charge in [0.1, 0.15) is 5.76 Å². The van der Waals surface area contributed by atoms with Gasteiger partial charge in [-0.3, -0.25) is 4.90 Å². The third-order valence-electron chi connectivity index (χ3n) is 4.39. The Morgan fingerprint density at radius 3 is 2.59 bits per heavy atom. The van der Waals surface area contributed by atoms with Crippen molar-refractivity contribution in [3.8, 4) is 0 Å². The van der Waals surface area contributed by atoms with Gasteiger partial charge in [0.25, 0.3) is 0 Å². The van der Waals surface area contributed by atoms with Gasteiger partial charge in [-0.15, -0.1) is 0 Å². The minimum Gasteiger partial charge on any atom is -0.444 e. The molecule has 5 nitrogen and oxygen atoms in total. The molecule has 0 spiro atoms. The number of rotatable bonds is 6. The van der Waals surface area contributed by atoms with Crippen LogP contribution in [0.4, 0.5) is 0 Å². The van der Waals surface area contributed by atoms with Crippen molar-refractivity contribution in [1.82, 2.24) is 14.8 Å². The lowest BCUT2D eigenvalue weighted by molar-refractivity contribution is 0.126. The zero-order chi connectivity index (χ0) is 16.2. The van der Waals surface area contributed by atoms with Crippen molar-refractivity contribution in [3.63, 3.8) is 0 Å². The first kappa shape index (κ1) is 17.4. The molecule has 0 amide bonds. The molecule has 0 bridgehead atoms.